The van der Waals surface area contributed by atoms with E-state index in [2.05, 4.69) is 4.98 Å². The zero-order valence-electron chi connectivity index (χ0n) is 15.8. The maximum absolute atomic E-state index is 13.4. The second kappa shape index (κ2) is 9.32. The number of benzene rings is 3. The van der Waals surface area contributed by atoms with Crippen molar-refractivity contribution >= 4 is 23.4 Å². The lowest BCUT2D eigenvalue weighted by molar-refractivity contribution is 0.343. The van der Waals surface area contributed by atoms with Gasteiger partial charge in [-0.15, -0.1) is 0 Å². The number of halogens is 3. The summed E-state index contributed by atoms with van der Waals surface area (Å²) in [4.78, 5) is 4.56. The summed E-state index contributed by atoms with van der Waals surface area (Å²) in [6, 6.07) is 19.7. The molecule has 4 rings (SSSR count). The number of rotatable bonds is 7. The molecule has 0 saturated heterocycles. The first-order valence-electron chi connectivity index (χ1n) is 9.21. The summed E-state index contributed by atoms with van der Waals surface area (Å²) in [7, 11) is 0. The van der Waals surface area contributed by atoms with Gasteiger partial charge in [-0.25, -0.2) is 13.8 Å². The van der Waals surface area contributed by atoms with E-state index in [1.165, 1.54) is 36.0 Å². The monoisotopic (exact) mass is 442 g/mol. The van der Waals surface area contributed by atoms with Crippen LogP contribution in [-0.2, 0) is 0 Å². The molecule has 0 unspecified atom stereocenters. The minimum Gasteiger partial charge on any atom is -0.493 e. The van der Waals surface area contributed by atoms with E-state index in [1.807, 2.05) is 28.8 Å². The highest BCUT2D eigenvalue weighted by Crippen LogP contribution is 2.30. The molecule has 0 bridgehead atoms. The predicted octanol–water partition coefficient (Wildman–Crippen LogP) is 6.64. The van der Waals surface area contributed by atoms with Crippen LogP contribution in [0.15, 0.2) is 84.1 Å². The standard InChI is InChI=1S/C23H17ClF2N2OS/c24-17-3-9-20(10-4-17)28-22(16-1-5-18(25)6-2-16)15-27-23(28)30-14-13-29-21-11-7-19(26)8-12-21/h1-12,15H,13-14H2. The van der Waals surface area contributed by atoms with Gasteiger partial charge in [0.1, 0.15) is 17.4 Å². The van der Waals surface area contributed by atoms with Gasteiger partial charge in [0.15, 0.2) is 5.16 Å². The van der Waals surface area contributed by atoms with E-state index in [0.717, 1.165) is 22.1 Å². The molecule has 1 heterocycles. The van der Waals surface area contributed by atoms with E-state index in [1.54, 1.807) is 30.5 Å². The molecule has 4 aromatic rings. The van der Waals surface area contributed by atoms with Gasteiger partial charge in [-0.1, -0.05) is 23.4 Å². The third-order valence-corrected chi connectivity index (χ3v) is 5.52. The van der Waals surface area contributed by atoms with Gasteiger partial charge in [0.2, 0.25) is 0 Å². The largest absolute Gasteiger partial charge is 0.493 e. The fraction of sp³-hybridized carbons (Fsp3) is 0.0870. The second-order valence-electron chi connectivity index (χ2n) is 6.40. The van der Waals surface area contributed by atoms with Gasteiger partial charge in [-0.05, 0) is 72.8 Å². The van der Waals surface area contributed by atoms with Crippen LogP contribution >= 0.6 is 23.4 Å². The molecule has 152 valence electrons. The summed E-state index contributed by atoms with van der Waals surface area (Å²) >= 11 is 7.58. The first-order chi connectivity index (χ1) is 14.6. The topological polar surface area (TPSA) is 27.1 Å². The van der Waals surface area contributed by atoms with E-state index in [-0.39, 0.29) is 11.6 Å². The Morgan fingerprint density at radius 3 is 2.17 bits per heavy atom. The molecule has 0 aliphatic carbocycles. The minimum absolute atomic E-state index is 0.288. The number of imidazole rings is 1. The van der Waals surface area contributed by atoms with Gasteiger partial charge >= 0.3 is 0 Å². The Kier molecular flexibility index (Phi) is 6.35. The van der Waals surface area contributed by atoms with Crippen LogP contribution in [0.25, 0.3) is 16.9 Å². The lowest BCUT2D eigenvalue weighted by Gasteiger charge is -2.12. The number of ether oxygens (including phenoxy) is 1. The number of thioether (sulfide) groups is 1. The third kappa shape index (κ3) is 4.83. The van der Waals surface area contributed by atoms with Crippen LogP contribution in [0.1, 0.15) is 0 Å². The molecule has 0 aliphatic rings. The summed E-state index contributed by atoms with van der Waals surface area (Å²) < 4.78 is 34.0. The molecular weight excluding hydrogens is 426 g/mol. The highest BCUT2D eigenvalue weighted by atomic mass is 35.5. The molecule has 1 aromatic heterocycles. The fourth-order valence-corrected chi connectivity index (χ4v) is 3.86. The predicted molar refractivity (Wildman–Crippen MR) is 117 cm³/mol. The van der Waals surface area contributed by atoms with Crippen molar-refractivity contribution in [2.75, 3.05) is 12.4 Å². The average Bonchev–Trinajstić information content (AvgIpc) is 3.17. The smallest absolute Gasteiger partial charge is 0.173 e. The Hall–Kier alpha value is -2.83. The molecular formula is C23H17ClF2N2OS. The Morgan fingerprint density at radius 2 is 1.50 bits per heavy atom. The van der Waals surface area contributed by atoms with Gasteiger partial charge in [0.25, 0.3) is 0 Å². The van der Waals surface area contributed by atoms with Gasteiger partial charge in [-0.2, -0.15) is 0 Å². The maximum Gasteiger partial charge on any atom is 0.173 e. The summed E-state index contributed by atoms with van der Waals surface area (Å²) in [5, 5.41) is 1.42. The van der Waals surface area contributed by atoms with E-state index < -0.39 is 0 Å². The van der Waals surface area contributed by atoms with Crippen molar-refractivity contribution in [2.24, 2.45) is 0 Å². The molecule has 3 nitrogen and oxygen atoms in total. The number of hydrogen-bond donors (Lipinski definition) is 0. The SMILES string of the molecule is Fc1ccc(OCCSc2ncc(-c3ccc(F)cc3)n2-c2ccc(Cl)cc2)cc1. The first kappa shape index (κ1) is 20.4. The first-order valence-corrected chi connectivity index (χ1v) is 10.6. The molecule has 0 aliphatic heterocycles. The Bertz CT molecular complexity index is 1110. The fourth-order valence-electron chi connectivity index (χ4n) is 2.92. The van der Waals surface area contributed by atoms with Crippen molar-refractivity contribution in [1.82, 2.24) is 9.55 Å². The Morgan fingerprint density at radius 1 is 0.867 bits per heavy atom. The normalized spacial score (nSPS) is 10.9. The highest BCUT2D eigenvalue weighted by molar-refractivity contribution is 7.99. The van der Waals surface area contributed by atoms with Crippen LogP contribution in [0, 0.1) is 11.6 Å². The van der Waals surface area contributed by atoms with Crippen molar-refractivity contribution in [3.8, 4) is 22.7 Å². The van der Waals surface area contributed by atoms with Gasteiger partial charge in [0, 0.05) is 22.0 Å². The maximum atomic E-state index is 13.4. The lowest BCUT2D eigenvalue weighted by atomic mass is 10.1. The van der Waals surface area contributed by atoms with Crippen molar-refractivity contribution in [2.45, 2.75) is 5.16 Å². The Labute approximate surface area is 182 Å². The van der Waals surface area contributed by atoms with E-state index in [0.29, 0.717) is 23.1 Å². The molecule has 0 fully saturated rings. The average molecular weight is 443 g/mol. The van der Waals surface area contributed by atoms with Crippen LogP contribution in [0.4, 0.5) is 8.78 Å². The summed E-state index contributed by atoms with van der Waals surface area (Å²) in [5.74, 6) is 0.675. The van der Waals surface area contributed by atoms with Gasteiger partial charge < -0.3 is 4.74 Å². The molecule has 3 aromatic carbocycles. The number of hydrogen-bond acceptors (Lipinski definition) is 3. The lowest BCUT2D eigenvalue weighted by Crippen LogP contribution is -2.03. The molecule has 30 heavy (non-hydrogen) atoms. The number of nitrogens with zero attached hydrogens (tertiary/aromatic N) is 2. The second-order valence-corrected chi connectivity index (χ2v) is 7.89. The summed E-state index contributed by atoms with van der Waals surface area (Å²) in [6.45, 7) is 0.440. The zero-order chi connectivity index (χ0) is 20.9. The molecule has 7 heteroatoms. The third-order valence-electron chi connectivity index (χ3n) is 4.35. The molecule has 0 atom stereocenters. The van der Waals surface area contributed by atoms with E-state index in [9.17, 15) is 8.78 Å². The summed E-state index contributed by atoms with van der Waals surface area (Å²) in [6.07, 6.45) is 1.77. The van der Waals surface area contributed by atoms with Crippen LogP contribution in [0.2, 0.25) is 5.02 Å². The number of aromatic nitrogens is 2. The molecule has 0 amide bonds. The van der Waals surface area contributed by atoms with Crippen molar-refractivity contribution < 1.29 is 13.5 Å². The van der Waals surface area contributed by atoms with Gasteiger partial charge in [0.05, 0.1) is 18.5 Å². The van der Waals surface area contributed by atoms with Crippen LogP contribution < -0.4 is 4.74 Å². The highest BCUT2D eigenvalue weighted by Gasteiger charge is 2.14. The van der Waals surface area contributed by atoms with Gasteiger partial charge in [-0.3, -0.25) is 4.57 Å². The molecule has 0 radical (unpaired) electrons. The molecule has 0 spiro atoms. The van der Waals surface area contributed by atoms with Crippen molar-refractivity contribution in [3.63, 3.8) is 0 Å². The van der Waals surface area contributed by atoms with Crippen molar-refractivity contribution in [3.05, 3.63) is 95.7 Å². The summed E-state index contributed by atoms with van der Waals surface area (Å²) in [5.41, 5.74) is 2.60. The van der Waals surface area contributed by atoms with Crippen molar-refractivity contribution in [1.29, 1.82) is 0 Å². The molecule has 0 saturated carbocycles. The Balaban J connectivity index is 1.55. The van der Waals surface area contributed by atoms with Crippen LogP contribution in [-0.4, -0.2) is 21.9 Å². The molecule has 0 N–H and O–H groups in total. The quantitative estimate of drug-likeness (QED) is 0.237. The van der Waals surface area contributed by atoms with Crippen LogP contribution in [0.3, 0.4) is 0 Å². The van der Waals surface area contributed by atoms with Crippen LogP contribution in [0.5, 0.6) is 5.75 Å². The van der Waals surface area contributed by atoms with E-state index >= 15 is 0 Å². The van der Waals surface area contributed by atoms with E-state index in [4.69, 9.17) is 16.3 Å². The zero-order valence-corrected chi connectivity index (χ0v) is 17.3. The minimum atomic E-state index is -0.296.